The van der Waals surface area contributed by atoms with Gasteiger partial charge in [0.1, 0.15) is 0 Å². The average Bonchev–Trinajstić information content (AvgIpc) is 2.31. The molecule has 0 saturated heterocycles. The van der Waals surface area contributed by atoms with Gasteiger partial charge in [-0.05, 0) is 5.92 Å². The topological polar surface area (TPSA) is 0 Å². The van der Waals surface area contributed by atoms with Crippen LogP contribution in [0.4, 0.5) is 0 Å². The van der Waals surface area contributed by atoms with Crippen LogP contribution in [0.15, 0.2) is 0 Å². The molecule has 0 nitrogen and oxygen atoms in total. The summed E-state index contributed by atoms with van der Waals surface area (Å²) in [6.45, 7) is 15.5. The molecule has 102 valence electrons. The van der Waals surface area contributed by atoms with Crippen molar-refractivity contribution in [1.82, 2.24) is 0 Å². The van der Waals surface area contributed by atoms with Gasteiger partial charge in [-0.2, -0.15) is 0 Å². The van der Waals surface area contributed by atoms with Crippen molar-refractivity contribution in [1.29, 1.82) is 0 Å². The van der Waals surface area contributed by atoms with Crippen LogP contribution in [0.2, 0.25) is 0 Å². The second-order valence-electron chi connectivity index (χ2n) is 4.86. The lowest BCUT2D eigenvalue weighted by Gasteiger charge is -1.90. The van der Waals surface area contributed by atoms with E-state index in [1.807, 2.05) is 0 Å². The normalized spacial score (nSPS) is 9.00. The molecule has 0 saturated carbocycles. The summed E-state index contributed by atoms with van der Waals surface area (Å²) in [5.41, 5.74) is 0. The lowest BCUT2D eigenvalue weighted by atomic mass is 10.2. The van der Waals surface area contributed by atoms with Crippen LogP contribution in [0.25, 0.3) is 0 Å². The SMILES string of the molecule is CCC(C)C.CCCC.CCCCCCC. The fourth-order valence-corrected chi connectivity index (χ4v) is 0.677. The van der Waals surface area contributed by atoms with Gasteiger partial charge < -0.3 is 0 Å². The summed E-state index contributed by atoms with van der Waals surface area (Å²) in [7, 11) is 0. The van der Waals surface area contributed by atoms with Crippen molar-refractivity contribution in [3.05, 3.63) is 0 Å². The zero-order chi connectivity index (χ0) is 13.2. The number of hydrogen-bond donors (Lipinski definition) is 0. The first-order chi connectivity index (χ1) is 7.60. The lowest BCUT2D eigenvalue weighted by Crippen LogP contribution is -1.77. The molecule has 0 spiro atoms. The second kappa shape index (κ2) is 24.3. The van der Waals surface area contributed by atoms with Gasteiger partial charge in [-0.3, -0.25) is 0 Å². The van der Waals surface area contributed by atoms with Crippen LogP contribution in [-0.4, -0.2) is 0 Å². The monoisotopic (exact) mass is 230 g/mol. The Labute approximate surface area is 106 Å². The van der Waals surface area contributed by atoms with E-state index in [0.29, 0.717) is 0 Å². The fourth-order valence-electron chi connectivity index (χ4n) is 0.677. The van der Waals surface area contributed by atoms with Crippen molar-refractivity contribution in [2.75, 3.05) is 0 Å². The third-order valence-electron chi connectivity index (χ3n) is 2.52. The van der Waals surface area contributed by atoms with Crippen LogP contribution in [0.3, 0.4) is 0 Å². The van der Waals surface area contributed by atoms with Gasteiger partial charge in [0.15, 0.2) is 0 Å². The molecule has 0 bridgehead atoms. The summed E-state index contributed by atoms with van der Waals surface area (Å²) in [6, 6.07) is 0. The Balaban J connectivity index is -0.000000166. The molecule has 0 aromatic carbocycles. The molecule has 0 amide bonds. The molecule has 0 aromatic heterocycles. The van der Waals surface area contributed by atoms with Crippen molar-refractivity contribution < 1.29 is 0 Å². The Morgan fingerprint density at radius 3 is 1.00 bits per heavy atom. The molecule has 0 aliphatic rings. The van der Waals surface area contributed by atoms with Gasteiger partial charge in [0.25, 0.3) is 0 Å². The quantitative estimate of drug-likeness (QED) is 0.438. The van der Waals surface area contributed by atoms with Crippen LogP contribution in [-0.2, 0) is 0 Å². The maximum Gasteiger partial charge on any atom is -0.0474 e. The van der Waals surface area contributed by atoms with E-state index in [9.17, 15) is 0 Å². The lowest BCUT2D eigenvalue weighted by molar-refractivity contribution is 0.626. The minimum absolute atomic E-state index is 0.884. The smallest absolute Gasteiger partial charge is 0.0474 e. The van der Waals surface area contributed by atoms with E-state index < -0.39 is 0 Å². The van der Waals surface area contributed by atoms with Crippen LogP contribution in [0.1, 0.15) is 99.8 Å². The van der Waals surface area contributed by atoms with Crippen LogP contribution in [0, 0.1) is 5.92 Å². The Hall–Kier alpha value is 0. The highest BCUT2D eigenvalue weighted by atomic mass is 13.9. The van der Waals surface area contributed by atoms with Gasteiger partial charge in [-0.25, -0.2) is 0 Å². The van der Waals surface area contributed by atoms with E-state index in [2.05, 4.69) is 48.5 Å². The van der Waals surface area contributed by atoms with E-state index in [1.165, 1.54) is 51.4 Å². The van der Waals surface area contributed by atoms with Gasteiger partial charge in [0, 0.05) is 0 Å². The molecule has 0 N–H and O–H groups in total. The van der Waals surface area contributed by atoms with Gasteiger partial charge >= 0.3 is 0 Å². The predicted molar refractivity (Wildman–Crippen MR) is 80.1 cm³/mol. The van der Waals surface area contributed by atoms with Crippen molar-refractivity contribution in [3.63, 3.8) is 0 Å². The largest absolute Gasteiger partial charge is 0.0654 e. The summed E-state index contributed by atoms with van der Waals surface area (Å²) in [5.74, 6) is 0.884. The molecule has 16 heavy (non-hydrogen) atoms. The molecule has 0 rings (SSSR count). The third-order valence-corrected chi connectivity index (χ3v) is 2.52. The first-order valence-electron chi connectivity index (χ1n) is 7.60. The summed E-state index contributed by atoms with van der Waals surface area (Å²) < 4.78 is 0. The predicted octanol–water partition coefficient (Wildman–Crippen LogP) is 6.84. The molecule has 0 fully saturated rings. The van der Waals surface area contributed by atoms with Gasteiger partial charge in [-0.15, -0.1) is 0 Å². The van der Waals surface area contributed by atoms with E-state index >= 15 is 0 Å². The average molecular weight is 230 g/mol. The maximum absolute atomic E-state index is 2.25. The number of hydrogen-bond acceptors (Lipinski definition) is 0. The minimum Gasteiger partial charge on any atom is -0.0654 e. The molecule has 0 heterocycles. The van der Waals surface area contributed by atoms with E-state index in [-0.39, 0.29) is 0 Å². The summed E-state index contributed by atoms with van der Waals surface area (Å²) in [5, 5.41) is 0. The van der Waals surface area contributed by atoms with Crippen LogP contribution >= 0.6 is 0 Å². The first-order valence-corrected chi connectivity index (χ1v) is 7.60. The Kier molecular flexibility index (Phi) is 32.3. The summed E-state index contributed by atoms with van der Waals surface area (Å²) in [4.78, 5) is 0. The Morgan fingerprint density at radius 2 is 0.875 bits per heavy atom. The molecular weight excluding hydrogens is 192 g/mol. The molecular formula is C16H38. The van der Waals surface area contributed by atoms with Gasteiger partial charge in [0.05, 0.1) is 0 Å². The molecule has 0 atom stereocenters. The van der Waals surface area contributed by atoms with Crippen molar-refractivity contribution >= 4 is 0 Å². The highest BCUT2D eigenvalue weighted by Crippen LogP contribution is 2.00. The Morgan fingerprint density at radius 1 is 0.562 bits per heavy atom. The first kappa shape index (κ1) is 21.3. The van der Waals surface area contributed by atoms with E-state index in [0.717, 1.165) is 5.92 Å². The second-order valence-corrected chi connectivity index (χ2v) is 4.86. The van der Waals surface area contributed by atoms with Crippen LogP contribution < -0.4 is 0 Å². The summed E-state index contributed by atoms with van der Waals surface area (Å²) >= 11 is 0. The zero-order valence-electron chi connectivity index (χ0n) is 13.2. The van der Waals surface area contributed by atoms with Crippen molar-refractivity contribution in [2.24, 2.45) is 5.92 Å². The standard InChI is InChI=1S/C7H16.C5H12.C4H10/c1-3-5-7-6-4-2;1-4-5(2)3;1-3-4-2/h3-7H2,1-2H3;5H,4H2,1-3H3;3-4H2,1-2H3. The molecule has 0 heteroatoms. The highest BCUT2D eigenvalue weighted by molar-refractivity contribution is 4.36. The summed E-state index contributed by atoms with van der Waals surface area (Å²) in [6.07, 6.45) is 11.0. The van der Waals surface area contributed by atoms with Crippen molar-refractivity contribution in [3.8, 4) is 0 Å². The molecule has 0 unspecified atom stereocenters. The fraction of sp³-hybridized carbons (Fsp3) is 1.00. The highest BCUT2D eigenvalue weighted by Gasteiger charge is 1.80. The molecule has 0 aliphatic carbocycles. The zero-order valence-corrected chi connectivity index (χ0v) is 13.2. The molecule has 0 radical (unpaired) electrons. The van der Waals surface area contributed by atoms with E-state index in [4.69, 9.17) is 0 Å². The van der Waals surface area contributed by atoms with Crippen LogP contribution in [0.5, 0.6) is 0 Å². The number of rotatable bonds is 6. The molecule has 0 aliphatic heterocycles. The Bertz CT molecular complexity index is 68.1. The number of unbranched alkanes of at least 4 members (excludes halogenated alkanes) is 5. The van der Waals surface area contributed by atoms with Gasteiger partial charge in [0.2, 0.25) is 0 Å². The maximum atomic E-state index is 2.25. The van der Waals surface area contributed by atoms with E-state index in [1.54, 1.807) is 0 Å². The third kappa shape index (κ3) is 48.3. The minimum atomic E-state index is 0.884. The van der Waals surface area contributed by atoms with Crippen molar-refractivity contribution in [2.45, 2.75) is 99.8 Å². The van der Waals surface area contributed by atoms with Gasteiger partial charge in [-0.1, -0.05) is 99.8 Å². The molecule has 0 aromatic rings.